The SMILES string of the molecule is C=CC.CC.CCCC(=O)C1C(=O)c2cc3c(cc2C1=O)C(=O)C(C(=O)CCC)C3=O.CCCC(C)=O.CCOC. The fourth-order valence-electron chi connectivity index (χ4n) is 3.99. The summed E-state index contributed by atoms with van der Waals surface area (Å²) in [6.07, 6.45) is 4.72. The summed E-state index contributed by atoms with van der Waals surface area (Å²) in [6.45, 7) is 19.2. The molecule has 2 aliphatic rings. The van der Waals surface area contributed by atoms with Crippen molar-refractivity contribution in [2.45, 2.75) is 93.9 Å². The summed E-state index contributed by atoms with van der Waals surface area (Å²) in [5.41, 5.74) is -0.0261. The Balaban J connectivity index is 0. The highest BCUT2D eigenvalue weighted by molar-refractivity contribution is 6.39. The van der Waals surface area contributed by atoms with E-state index in [1.54, 1.807) is 34.0 Å². The van der Waals surface area contributed by atoms with Crippen LogP contribution < -0.4 is 0 Å². The zero-order valence-electron chi connectivity index (χ0n) is 26.3. The van der Waals surface area contributed by atoms with E-state index in [4.69, 9.17) is 0 Å². The van der Waals surface area contributed by atoms with E-state index in [1.807, 2.05) is 34.6 Å². The fourth-order valence-corrected chi connectivity index (χ4v) is 3.99. The number of methoxy groups -OCH3 is 1. The first kappa shape index (κ1) is 39.8. The number of carbonyl (C=O) groups is 7. The molecule has 0 amide bonds. The van der Waals surface area contributed by atoms with E-state index in [0.29, 0.717) is 12.8 Å². The second kappa shape index (κ2) is 21.4. The Hall–Kier alpha value is -3.39. The standard InChI is InChI=1S/C20H18O6.C5H10O.C3H8O.C3H6.C2H6/c1-3-5-13(21)15-17(23)9-7-11-12(8-10(9)18(15)24)20(26)16(19(11)25)14(22)6-4-2;1-3-4-5(2)6;1-3-4-2;1-3-2;1-2/h7-8,15-16H,3-6H2,1-2H3;3-4H2,1-2H3;3H2,1-2H3;3H,1H2,2H3;1-2H3. The predicted molar refractivity (Wildman–Crippen MR) is 161 cm³/mol. The maximum absolute atomic E-state index is 12.5. The van der Waals surface area contributed by atoms with Crippen LogP contribution in [0.1, 0.15) is 135 Å². The number of ether oxygens (including phenoxy) is 1. The van der Waals surface area contributed by atoms with Crippen LogP contribution in [0, 0.1) is 11.8 Å². The van der Waals surface area contributed by atoms with Crippen LogP contribution in [-0.4, -0.2) is 54.2 Å². The van der Waals surface area contributed by atoms with Crippen molar-refractivity contribution in [3.63, 3.8) is 0 Å². The van der Waals surface area contributed by atoms with Crippen LogP contribution in [0.5, 0.6) is 0 Å². The molecule has 0 atom stereocenters. The zero-order valence-corrected chi connectivity index (χ0v) is 26.3. The molecule has 3 rings (SSSR count). The molecular weight excluding hydrogens is 524 g/mol. The van der Waals surface area contributed by atoms with Crippen LogP contribution >= 0.6 is 0 Å². The maximum Gasteiger partial charge on any atom is 0.181 e. The van der Waals surface area contributed by atoms with Gasteiger partial charge in [0.1, 0.15) is 17.6 Å². The average molecular weight is 573 g/mol. The molecule has 1 aromatic carbocycles. The number of carbonyl (C=O) groups excluding carboxylic acids is 7. The summed E-state index contributed by atoms with van der Waals surface area (Å²) in [4.78, 5) is 84.4. The summed E-state index contributed by atoms with van der Waals surface area (Å²) in [7, 11) is 1.68. The van der Waals surface area contributed by atoms with Gasteiger partial charge in [0.2, 0.25) is 0 Å². The highest BCUT2D eigenvalue weighted by Crippen LogP contribution is 2.36. The molecule has 0 radical (unpaired) electrons. The van der Waals surface area contributed by atoms with Gasteiger partial charge in [0, 0.05) is 55.2 Å². The van der Waals surface area contributed by atoms with Crippen LogP contribution in [0.4, 0.5) is 0 Å². The van der Waals surface area contributed by atoms with E-state index in [1.165, 1.54) is 12.1 Å². The molecule has 0 saturated heterocycles. The lowest BCUT2D eigenvalue weighted by molar-refractivity contribution is -0.121. The molecule has 0 N–H and O–H groups in total. The molecule has 8 heteroatoms. The Morgan fingerprint density at radius 1 is 0.707 bits per heavy atom. The third-order valence-electron chi connectivity index (χ3n) is 5.80. The van der Waals surface area contributed by atoms with Gasteiger partial charge < -0.3 is 9.53 Å². The smallest absolute Gasteiger partial charge is 0.181 e. The van der Waals surface area contributed by atoms with Gasteiger partial charge >= 0.3 is 0 Å². The van der Waals surface area contributed by atoms with Crippen LogP contribution in [-0.2, 0) is 19.1 Å². The largest absolute Gasteiger partial charge is 0.385 e. The second-order valence-corrected chi connectivity index (χ2v) is 9.14. The van der Waals surface area contributed by atoms with Crippen molar-refractivity contribution >= 4 is 40.5 Å². The number of benzene rings is 1. The van der Waals surface area contributed by atoms with E-state index in [9.17, 15) is 33.6 Å². The van der Waals surface area contributed by atoms with Gasteiger partial charge in [0.25, 0.3) is 0 Å². The monoisotopic (exact) mass is 572 g/mol. The first-order valence-corrected chi connectivity index (χ1v) is 14.4. The first-order chi connectivity index (χ1) is 19.4. The Kier molecular flexibility index (Phi) is 20.7. The molecule has 0 saturated carbocycles. The molecule has 0 fully saturated rings. The predicted octanol–water partition coefficient (Wildman–Crippen LogP) is 6.66. The summed E-state index contributed by atoms with van der Waals surface area (Å²) >= 11 is 0. The number of hydrogen-bond donors (Lipinski definition) is 0. The van der Waals surface area contributed by atoms with Crippen molar-refractivity contribution in [1.29, 1.82) is 0 Å². The number of rotatable bonds is 9. The topological polar surface area (TPSA) is 129 Å². The minimum atomic E-state index is -1.38. The Bertz CT molecular complexity index is 970. The molecule has 0 unspecified atom stereocenters. The minimum absolute atomic E-state index is 0.00653. The van der Waals surface area contributed by atoms with Crippen LogP contribution in [0.3, 0.4) is 0 Å². The third kappa shape index (κ3) is 11.2. The van der Waals surface area contributed by atoms with Crippen LogP contribution in [0.2, 0.25) is 0 Å². The minimum Gasteiger partial charge on any atom is -0.385 e. The van der Waals surface area contributed by atoms with Crippen molar-refractivity contribution in [3.8, 4) is 0 Å². The van der Waals surface area contributed by atoms with E-state index in [0.717, 1.165) is 19.4 Å². The van der Waals surface area contributed by atoms with Gasteiger partial charge in [-0.05, 0) is 52.2 Å². The molecular formula is C33H48O8. The molecule has 0 spiro atoms. The Morgan fingerprint density at radius 3 is 1.10 bits per heavy atom. The summed E-state index contributed by atoms with van der Waals surface area (Å²) < 4.78 is 4.54. The van der Waals surface area contributed by atoms with Crippen molar-refractivity contribution in [3.05, 3.63) is 47.0 Å². The Labute approximate surface area is 245 Å². The lowest BCUT2D eigenvalue weighted by atomic mass is 9.94. The molecule has 2 aliphatic carbocycles. The van der Waals surface area contributed by atoms with E-state index < -0.39 is 46.5 Å². The van der Waals surface area contributed by atoms with E-state index >= 15 is 0 Å². The summed E-state index contributed by atoms with van der Waals surface area (Å²) in [5.74, 6) is -5.89. The average Bonchev–Trinajstić information content (AvgIpc) is 3.33. The number of hydrogen-bond acceptors (Lipinski definition) is 8. The van der Waals surface area contributed by atoms with Gasteiger partial charge in [0.05, 0.1) is 0 Å². The highest BCUT2D eigenvalue weighted by Gasteiger charge is 2.48. The molecule has 0 aromatic heterocycles. The van der Waals surface area contributed by atoms with Crippen LogP contribution in [0.15, 0.2) is 24.8 Å². The molecule has 41 heavy (non-hydrogen) atoms. The van der Waals surface area contributed by atoms with Gasteiger partial charge in [0.15, 0.2) is 34.7 Å². The lowest BCUT2D eigenvalue weighted by Gasteiger charge is -2.04. The van der Waals surface area contributed by atoms with Crippen molar-refractivity contribution in [2.75, 3.05) is 13.7 Å². The van der Waals surface area contributed by atoms with Crippen molar-refractivity contribution in [1.82, 2.24) is 0 Å². The number of Topliss-reactive ketones (excluding diaryl/α,β-unsaturated/α-hetero) is 7. The molecule has 0 heterocycles. The molecule has 0 bridgehead atoms. The number of allylic oxidation sites excluding steroid dienone is 1. The van der Waals surface area contributed by atoms with Gasteiger partial charge in [-0.15, -0.1) is 6.58 Å². The second-order valence-electron chi connectivity index (χ2n) is 9.14. The van der Waals surface area contributed by atoms with Crippen LogP contribution in [0.25, 0.3) is 0 Å². The molecule has 1 aromatic rings. The van der Waals surface area contributed by atoms with Gasteiger partial charge in [-0.2, -0.15) is 0 Å². The first-order valence-electron chi connectivity index (χ1n) is 14.4. The van der Waals surface area contributed by atoms with Crippen molar-refractivity contribution < 1.29 is 38.3 Å². The Morgan fingerprint density at radius 2 is 0.951 bits per heavy atom. The summed E-state index contributed by atoms with van der Waals surface area (Å²) in [5, 5.41) is 0. The normalized spacial score (nSPS) is 13.2. The number of fused-ring (bicyclic) bond motifs is 2. The van der Waals surface area contributed by atoms with Crippen molar-refractivity contribution in [2.24, 2.45) is 11.8 Å². The lowest BCUT2D eigenvalue weighted by Crippen LogP contribution is -2.26. The van der Waals surface area contributed by atoms with E-state index in [2.05, 4.69) is 11.3 Å². The fraction of sp³-hybridized carbons (Fsp3) is 0.545. The summed E-state index contributed by atoms with van der Waals surface area (Å²) in [6, 6.07) is 2.42. The third-order valence-corrected chi connectivity index (χ3v) is 5.80. The molecule has 228 valence electrons. The van der Waals surface area contributed by atoms with Gasteiger partial charge in [-0.3, -0.25) is 28.8 Å². The maximum atomic E-state index is 12.5. The molecule has 8 nitrogen and oxygen atoms in total. The van der Waals surface area contributed by atoms with E-state index in [-0.39, 0.29) is 40.9 Å². The van der Waals surface area contributed by atoms with Gasteiger partial charge in [-0.25, -0.2) is 0 Å². The zero-order chi connectivity index (χ0) is 32.3. The highest BCUT2D eigenvalue weighted by atomic mass is 16.5. The quantitative estimate of drug-likeness (QED) is 0.237. The van der Waals surface area contributed by atoms with Gasteiger partial charge in [-0.1, -0.05) is 40.7 Å². The number of ketones is 7. The molecule has 0 aliphatic heterocycles.